The molecule has 3 nitrogen and oxygen atoms in total. The number of nitrogens with one attached hydrogen (secondary N) is 1. The van der Waals surface area contributed by atoms with Crippen LogP contribution in [0.25, 0.3) is 5.69 Å². The monoisotopic (exact) mass is 257 g/mol. The zero-order valence-corrected chi connectivity index (χ0v) is 12.1. The van der Waals surface area contributed by atoms with Gasteiger partial charge in [-0.25, -0.2) is 4.98 Å². The number of hydrogen-bond acceptors (Lipinski definition) is 2. The van der Waals surface area contributed by atoms with Crippen molar-refractivity contribution < 1.29 is 0 Å². The van der Waals surface area contributed by atoms with Gasteiger partial charge in [-0.1, -0.05) is 39.3 Å². The lowest BCUT2D eigenvalue weighted by molar-refractivity contribution is 0.683. The molecule has 0 amide bonds. The minimum atomic E-state index is 0.608. The summed E-state index contributed by atoms with van der Waals surface area (Å²) in [6, 6.07) is 8.72. The molecule has 0 radical (unpaired) electrons. The van der Waals surface area contributed by atoms with Gasteiger partial charge < -0.3 is 5.32 Å². The first-order chi connectivity index (χ1) is 9.20. The number of imidazole rings is 1. The van der Waals surface area contributed by atoms with E-state index in [1.165, 1.54) is 12.0 Å². The van der Waals surface area contributed by atoms with Crippen molar-refractivity contribution in [1.82, 2.24) is 9.55 Å². The van der Waals surface area contributed by atoms with Gasteiger partial charge >= 0.3 is 0 Å². The lowest BCUT2D eigenvalue weighted by atomic mass is 10.1. The third kappa shape index (κ3) is 3.60. The van der Waals surface area contributed by atoms with Crippen LogP contribution in [0.4, 0.5) is 5.95 Å². The molecule has 2 rings (SSSR count). The van der Waals surface area contributed by atoms with Crippen molar-refractivity contribution in [1.29, 1.82) is 0 Å². The molecule has 1 N–H and O–H groups in total. The summed E-state index contributed by atoms with van der Waals surface area (Å²) in [7, 11) is 0. The van der Waals surface area contributed by atoms with Crippen LogP contribution in [0.2, 0.25) is 0 Å². The SMILES string of the molecule is CCCc1ccc(-n2ccnc2NCC(C)C)cc1. The Balaban J connectivity index is 2.15. The van der Waals surface area contributed by atoms with Crippen LogP contribution < -0.4 is 5.32 Å². The molecule has 0 saturated heterocycles. The lowest BCUT2D eigenvalue weighted by Gasteiger charge is -2.11. The zero-order valence-electron chi connectivity index (χ0n) is 12.1. The molecule has 2 aromatic rings. The van der Waals surface area contributed by atoms with Gasteiger partial charge in [-0.3, -0.25) is 4.57 Å². The molecule has 19 heavy (non-hydrogen) atoms. The highest BCUT2D eigenvalue weighted by Crippen LogP contribution is 2.16. The quantitative estimate of drug-likeness (QED) is 0.850. The highest BCUT2D eigenvalue weighted by Gasteiger charge is 2.05. The van der Waals surface area contributed by atoms with Crippen LogP contribution in [0.5, 0.6) is 0 Å². The van der Waals surface area contributed by atoms with E-state index in [1.54, 1.807) is 0 Å². The number of hydrogen-bond donors (Lipinski definition) is 1. The first-order valence-corrected chi connectivity index (χ1v) is 7.07. The van der Waals surface area contributed by atoms with E-state index in [2.05, 4.69) is 59.9 Å². The predicted molar refractivity (Wildman–Crippen MR) is 80.9 cm³/mol. The van der Waals surface area contributed by atoms with Gasteiger partial charge in [0.15, 0.2) is 0 Å². The van der Waals surface area contributed by atoms with Crippen LogP contribution in [-0.4, -0.2) is 16.1 Å². The molecule has 0 fully saturated rings. The molecular formula is C16H23N3. The predicted octanol–water partition coefficient (Wildman–Crippen LogP) is 3.89. The van der Waals surface area contributed by atoms with E-state index in [4.69, 9.17) is 0 Å². The summed E-state index contributed by atoms with van der Waals surface area (Å²) in [5, 5.41) is 3.38. The van der Waals surface area contributed by atoms with E-state index in [9.17, 15) is 0 Å². The first kappa shape index (κ1) is 13.7. The lowest BCUT2D eigenvalue weighted by Crippen LogP contribution is -2.12. The molecule has 0 unspecified atom stereocenters. The first-order valence-electron chi connectivity index (χ1n) is 7.07. The topological polar surface area (TPSA) is 29.9 Å². The smallest absolute Gasteiger partial charge is 0.207 e. The van der Waals surface area contributed by atoms with Gasteiger partial charge in [-0.2, -0.15) is 0 Å². The minimum absolute atomic E-state index is 0.608. The molecular weight excluding hydrogens is 234 g/mol. The number of anilines is 1. The Morgan fingerprint density at radius 1 is 1.21 bits per heavy atom. The largest absolute Gasteiger partial charge is 0.355 e. The highest BCUT2D eigenvalue weighted by molar-refractivity contribution is 5.42. The fourth-order valence-electron chi connectivity index (χ4n) is 2.05. The molecule has 0 saturated carbocycles. The third-order valence-electron chi connectivity index (χ3n) is 3.06. The second-order valence-electron chi connectivity index (χ2n) is 5.31. The van der Waals surface area contributed by atoms with Crippen LogP contribution >= 0.6 is 0 Å². The summed E-state index contributed by atoms with van der Waals surface area (Å²) >= 11 is 0. The summed E-state index contributed by atoms with van der Waals surface area (Å²) in [4.78, 5) is 4.38. The second-order valence-corrected chi connectivity index (χ2v) is 5.31. The molecule has 0 atom stereocenters. The normalized spacial score (nSPS) is 10.9. The highest BCUT2D eigenvalue weighted by atomic mass is 15.2. The van der Waals surface area contributed by atoms with Crippen LogP contribution in [0, 0.1) is 5.92 Å². The Kier molecular flexibility index (Phi) is 4.61. The Hall–Kier alpha value is -1.77. The molecule has 1 aromatic carbocycles. The van der Waals surface area contributed by atoms with Gasteiger partial charge in [-0.05, 0) is 30.0 Å². The minimum Gasteiger partial charge on any atom is -0.355 e. The van der Waals surface area contributed by atoms with Crippen LogP contribution in [-0.2, 0) is 6.42 Å². The van der Waals surface area contributed by atoms with Crippen molar-refractivity contribution in [2.24, 2.45) is 5.92 Å². The van der Waals surface area contributed by atoms with E-state index in [1.807, 2.05) is 12.4 Å². The van der Waals surface area contributed by atoms with Gasteiger partial charge in [0.25, 0.3) is 0 Å². The van der Waals surface area contributed by atoms with Crippen molar-refractivity contribution in [3.63, 3.8) is 0 Å². The molecule has 0 spiro atoms. The summed E-state index contributed by atoms with van der Waals surface area (Å²) in [5.41, 5.74) is 2.55. The Morgan fingerprint density at radius 2 is 1.95 bits per heavy atom. The van der Waals surface area contributed by atoms with Crippen molar-refractivity contribution in [2.45, 2.75) is 33.6 Å². The Bertz CT molecular complexity index is 497. The molecule has 3 heteroatoms. The van der Waals surface area contributed by atoms with E-state index >= 15 is 0 Å². The molecule has 0 aliphatic heterocycles. The van der Waals surface area contributed by atoms with Crippen molar-refractivity contribution in [2.75, 3.05) is 11.9 Å². The van der Waals surface area contributed by atoms with E-state index in [0.29, 0.717) is 5.92 Å². The van der Waals surface area contributed by atoms with E-state index < -0.39 is 0 Å². The number of aryl methyl sites for hydroxylation is 1. The summed E-state index contributed by atoms with van der Waals surface area (Å²) in [6.07, 6.45) is 6.16. The van der Waals surface area contributed by atoms with Gasteiger partial charge in [0.2, 0.25) is 5.95 Å². The maximum absolute atomic E-state index is 4.38. The molecule has 102 valence electrons. The van der Waals surface area contributed by atoms with Crippen LogP contribution in [0.15, 0.2) is 36.7 Å². The average Bonchev–Trinajstić information content (AvgIpc) is 2.86. The average molecular weight is 257 g/mol. The van der Waals surface area contributed by atoms with Gasteiger partial charge in [0.1, 0.15) is 0 Å². The second kappa shape index (κ2) is 6.41. The van der Waals surface area contributed by atoms with E-state index in [-0.39, 0.29) is 0 Å². The maximum atomic E-state index is 4.38. The van der Waals surface area contributed by atoms with Gasteiger partial charge in [0, 0.05) is 24.6 Å². The number of benzene rings is 1. The molecule has 0 bridgehead atoms. The summed E-state index contributed by atoms with van der Waals surface area (Å²) < 4.78 is 2.10. The molecule has 0 aliphatic rings. The van der Waals surface area contributed by atoms with Crippen molar-refractivity contribution in [3.05, 3.63) is 42.2 Å². The standard InChI is InChI=1S/C16H23N3/c1-4-5-14-6-8-15(9-7-14)19-11-10-17-16(19)18-12-13(2)3/h6-11,13H,4-5,12H2,1-3H3,(H,17,18). The summed E-state index contributed by atoms with van der Waals surface area (Å²) in [6.45, 7) is 7.53. The van der Waals surface area contributed by atoms with Crippen molar-refractivity contribution >= 4 is 5.95 Å². The van der Waals surface area contributed by atoms with Crippen LogP contribution in [0.3, 0.4) is 0 Å². The van der Waals surface area contributed by atoms with E-state index in [0.717, 1.165) is 24.6 Å². The number of nitrogens with zero attached hydrogens (tertiary/aromatic N) is 2. The molecule has 1 heterocycles. The fraction of sp³-hybridized carbons (Fsp3) is 0.438. The fourth-order valence-corrected chi connectivity index (χ4v) is 2.05. The zero-order chi connectivity index (χ0) is 13.7. The molecule has 1 aromatic heterocycles. The third-order valence-corrected chi connectivity index (χ3v) is 3.06. The number of rotatable bonds is 6. The summed E-state index contributed by atoms with van der Waals surface area (Å²) in [5.74, 6) is 1.52. The van der Waals surface area contributed by atoms with Crippen LogP contribution in [0.1, 0.15) is 32.8 Å². The number of aromatic nitrogens is 2. The van der Waals surface area contributed by atoms with Gasteiger partial charge in [0.05, 0.1) is 0 Å². The maximum Gasteiger partial charge on any atom is 0.207 e. The van der Waals surface area contributed by atoms with Gasteiger partial charge in [-0.15, -0.1) is 0 Å². The Labute approximate surface area is 115 Å². The molecule has 0 aliphatic carbocycles. The Morgan fingerprint density at radius 3 is 2.58 bits per heavy atom. The van der Waals surface area contributed by atoms with Crippen molar-refractivity contribution in [3.8, 4) is 5.69 Å².